The van der Waals surface area contributed by atoms with Crippen LogP contribution < -0.4 is 10.2 Å². The molecule has 3 N–H and O–H groups in total. The van der Waals surface area contributed by atoms with Crippen molar-refractivity contribution in [2.45, 2.75) is 18.9 Å². The van der Waals surface area contributed by atoms with E-state index in [1.54, 1.807) is 12.1 Å². The molecule has 6 heteroatoms. The number of benzene rings is 1. The van der Waals surface area contributed by atoms with Gasteiger partial charge in [-0.25, -0.2) is 0 Å². The Bertz CT molecular complexity index is 574. The Morgan fingerprint density at radius 1 is 1.30 bits per heavy atom. The van der Waals surface area contributed by atoms with E-state index in [2.05, 4.69) is 25.4 Å². The van der Waals surface area contributed by atoms with Crippen LogP contribution in [-0.4, -0.2) is 46.5 Å². The van der Waals surface area contributed by atoms with Gasteiger partial charge in [-0.2, -0.15) is 4.98 Å². The molecule has 0 amide bonds. The van der Waals surface area contributed by atoms with E-state index >= 15 is 0 Å². The molecule has 1 aliphatic heterocycles. The van der Waals surface area contributed by atoms with Crippen LogP contribution in [-0.2, 0) is 0 Å². The second-order valence-corrected chi connectivity index (χ2v) is 5.05. The molecule has 3 rings (SSSR count). The monoisotopic (exact) mass is 273 g/mol. The van der Waals surface area contributed by atoms with Crippen LogP contribution in [0.3, 0.4) is 0 Å². The van der Waals surface area contributed by atoms with E-state index in [4.69, 9.17) is 0 Å². The Morgan fingerprint density at radius 3 is 2.75 bits per heavy atom. The second kappa shape index (κ2) is 5.50. The summed E-state index contributed by atoms with van der Waals surface area (Å²) in [4.78, 5) is 6.67. The van der Waals surface area contributed by atoms with Crippen LogP contribution >= 0.6 is 0 Å². The molecule has 1 aliphatic rings. The number of anilines is 1. The van der Waals surface area contributed by atoms with Crippen molar-refractivity contribution in [2.24, 2.45) is 0 Å². The molecule has 0 unspecified atom stereocenters. The minimum Gasteiger partial charge on any atom is -0.507 e. The largest absolute Gasteiger partial charge is 0.507 e. The summed E-state index contributed by atoms with van der Waals surface area (Å²) in [6, 6.07) is 7.72. The molecule has 6 nitrogen and oxygen atoms in total. The lowest BCUT2D eigenvalue weighted by Gasteiger charge is -2.30. The van der Waals surface area contributed by atoms with Crippen molar-refractivity contribution in [3.8, 4) is 17.1 Å². The summed E-state index contributed by atoms with van der Waals surface area (Å²) in [5.41, 5.74) is 0.677. The first-order valence-corrected chi connectivity index (χ1v) is 6.91. The van der Waals surface area contributed by atoms with E-state index in [1.807, 2.05) is 19.2 Å². The van der Waals surface area contributed by atoms with Crippen LogP contribution in [0.5, 0.6) is 5.75 Å². The van der Waals surface area contributed by atoms with Gasteiger partial charge in [0.25, 0.3) is 0 Å². The third-order valence-electron chi connectivity index (χ3n) is 3.82. The van der Waals surface area contributed by atoms with Crippen molar-refractivity contribution in [3.05, 3.63) is 24.3 Å². The summed E-state index contributed by atoms with van der Waals surface area (Å²) in [6.07, 6.45) is 2.19. The smallest absolute Gasteiger partial charge is 0.245 e. The zero-order chi connectivity index (χ0) is 13.9. The maximum Gasteiger partial charge on any atom is 0.245 e. The average molecular weight is 273 g/mol. The minimum atomic E-state index is 0.212. The summed E-state index contributed by atoms with van der Waals surface area (Å²) in [7, 11) is 2.00. The Kier molecular flexibility index (Phi) is 3.56. The number of piperidine rings is 1. The highest BCUT2D eigenvalue weighted by atomic mass is 16.3. The molecule has 1 aromatic heterocycles. The zero-order valence-electron chi connectivity index (χ0n) is 11.5. The number of para-hydroxylation sites is 1. The number of aromatic hydroxyl groups is 1. The van der Waals surface area contributed by atoms with Crippen LogP contribution in [0.4, 0.5) is 5.95 Å². The molecule has 1 saturated heterocycles. The molecule has 2 aromatic rings. The second-order valence-electron chi connectivity index (χ2n) is 5.05. The van der Waals surface area contributed by atoms with Crippen molar-refractivity contribution >= 4 is 5.95 Å². The third kappa shape index (κ3) is 2.46. The van der Waals surface area contributed by atoms with E-state index in [0.717, 1.165) is 25.9 Å². The van der Waals surface area contributed by atoms with E-state index in [-0.39, 0.29) is 5.75 Å². The summed E-state index contributed by atoms with van der Waals surface area (Å²) < 4.78 is 0. The number of aromatic amines is 1. The SMILES string of the molecule is CNC1CCN(c2n[nH]c(-c3ccccc3O)n2)CC1. The van der Waals surface area contributed by atoms with Crippen LogP contribution in [0, 0.1) is 0 Å². The molecular weight excluding hydrogens is 254 g/mol. The van der Waals surface area contributed by atoms with E-state index < -0.39 is 0 Å². The van der Waals surface area contributed by atoms with Crippen LogP contribution in [0.15, 0.2) is 24.3 Å². The normalized spacial score (nSPS) is 16.6. The van der Waals surface area contributed by atoms with E-state index in [9.17, 15) is 5.11 Å². The van der Waals surface area contributed by atoms with Gasteiger partial charge < -0.3 is 15.3 Å². The lowest BCUT2D eigenvalue weighted by molar-refractivity contribution is 0.439. The number of aromatic nitrogens is 3. The van der Waals surface area contributed by atoms with Crippen molar-refractivity contribution in [3.63, 3.8) is 0 Å². The lowest BCUT2D eigenvalue weighted by Crippen LogP contribution is -2.41. The number of hydrogen-bond acceptors (Lipinski definition) is 5. The molecule has 0 aliphatic carbocycles. The molecule has 0 spiro atoms. The van der Waals surface area contributed by atoms with Crippen molar-refractivity contribution in [1.29, 1.82) is 0 Å². The Balaban J connectivity index is 1.76. The zero-order valence-corrected chi connectivity index (χ0v) is 11.5. The molecule has 106 valence electrons. The highest BCUT2D eigenvalue weighted by Crippen LogP contribution is 2.27. The van der Waals surface area contributed by atoms with Gasteiger partial charge >= 0.3 is 0 Å². The molecule has 0 radical (unpaired) electrons. The number of rotatable bonds is 3. The molecule has 0 bridgehead atoms. The topological polar surface area (TPSA) is 77.1 Å². The van der Waals surface area contributed by atoms with Gasteiger partial charge in [0, 0.05) is 19.1 Å². The van der Waals surface area contributed by atoms with Crippen molar-refractivity contribution in [2.75, 3.05) is 25.0 Å². The van der Waals surface area contributed by atoms with Gasteiger partial charge in [-0.15, -0.1) is 5.10 Å². The van der Waals surface area contributed by atoms with Crippen molar-refractivity contribution < 1.29 is 5.11 Å². The Hall–Kier alpha value is -2.08. The highest BCUT2D eigenvalue weighted by Gasteiger charge is 2.21. The molecule has 20 heavy (non-hydrogen) atoms. The summed E-state index contributed by atoms with van der Waals surface area (Å²) >= 11 is 0. The maximum atomic E-state index is 9.84. The standard InChI is InChI=1S/C14H19N5O/c1-15-10-6-8-19(9-7-10)14-16-13(17-18-14)11-4-2-3-5-12(11)20/h2-5,10,15,20H,6-9H2,1H3,(H,16,17,18). The predicted molar refractivity (Wildman–Crippen MR) is 77.8 cm³/mol. The number of hydrogen-bond donors (Lipinski definition) is 3. The fourth-order valence-electron chi connectivity index (χ4n) is 2.56. The lowest BCUT2D eigenvalue weighted by atomic mass is 10.1. The number of nitrogens with zero attached hydrogens (tertiary/aromatic N) is 3. The van der Waals surface area contributed by atoms with Gasteiger partial charge in [-0.05, 0) is 32.0 Å². The van der Waals surface area contributed by atoms with E-state index in [1.165, 1.54) is 0 Å². The average Bonchev–Trinajstić information content (AvgIpc) is 2.97. The quantitative estimate of drug-likeness (QED) is 0.787. The maximum absolute atomic E-state index is 9.84. The number of phenolic OH excluding ortho intramolecular Hbond substituents is 1. The Labute approximate surface area is 117 Å². The first-order valence-electron chi connectivity index (χ1n) is 6.91. The first-order chi connectivity index (χ1) is 9.78. The van der Waals surface area contributed by atoms with Crippen LogP contribution in [0.2, 0.25) is 0 Å². The number of phenols is 1. The Morgan fingerprint density at radius 2 is 2.05 bits per heavy atom. The third-order valence-corrected chi connectivity index (χ3v) is 3.82. The molecular formula is C14H19N5O. The van der Waals surface area contributed by atoms with Crippen molar-refractivity contribution in [1.82, 2.24) is 20.5 Å². The van der Waals surface area contributed by atoms with Crippen LogP contribution in [0.25, 0.3) is 11.4 Å². The van der Waals surface area contributed by atoms with Crippen LogP contribution in [0.1, 0.15) is 12.8 Å². The van der Waals surface area contributed by atoms with Gasteiger partial charge in [0.1, 0.15) is 5.75 Å². The van der Waals surface area contributed by atoms with Gasteiger partial charge in [0.15, 0.2) is 5.82 Å². The van der Waals surface area contributed by atoms with E-state index in [0.29, 0.717) is 23.4 Å². The summed E-state index contributed by atoms with van der Waals surface area (Å²) in [5.74, 6) is 1.52. The van der Waals surface area contributed by atoms with Gasteiger partial charge in [-0.3, -0.25) is 5.10 Å². The van der Waals surface area contributed by atoms with Gasteiger partial charge in [0.2, 0.25) is 5.95 Å². The fourth-order valence-corrected chi connectivity index (χ4v) is 2.56. The highest BCUT2D eigenvalue weighted by molar-refractivity contribution is 5.64. The number of nitrogens with one attached hydrogen (secondary N) is 2. The first kappa shape index (κ1) is 12.9. The van der Waals surface area contributed by atoms with Gasteiger partial charge in [-0.1, -0.05) is 12.1 Å². The number of H-pyrrole nitrogens is 1. The summed E-state index contributed by atoms with van der Waals surface area (Å²) in [6.45, 7) is 1.90. The predicted octanol–water partition coefficient (Wildman–Crippen LogP) is 1.37. The molecule has 0 atom stereocenters. The molecule has 2 heterocycles. The summed E-state index contributed by atoms with van der Waals surface area (Å²) in [5, 5.41) is 20.3. The molecule has 0 saturated carbocycles. The fraction of sp³-hybridized carbons (Fsp3) is 0.429. The van der Waals surface area contributed by atoms with Gasteiger partial charge in [0.05, 0.1) is 5.56 Å². The minimum absolute atomic E-state index is 0.212. The molecule has 1 fully saturated rings. The molecule has 1 aromatic carbocycles.